The first-order valence-electron chi connectivity index (χ1n) is 6.15. The van der Waals surface area contributed by atoms with Crippen LogP contribution < -0.4 is 0 Å². The Kier molecular flexibility index (Phi) is 3.07. The highest BCUT2D eigenvalue weighted by molar-refractivity contribution is 6.64. The van der Waals surface area contributed by atoms with Gasteiger partial charge in [0.15, 0.2) is 0 Å². The van der Waals surface area contributed by atoms with Gasteiger partial charge in [-0.05, 0) is 34.1 Å². The SMILES string of the molecule is CC(C)c1ccc([C@@H]2[C@@H](C(=O)Cl)C2(C)C)cc1. The van der Waals surface area contributed by atoms with E-state index in [1.165, 1.54) is 11.1 Å². The molecule has 0 aromatic heterocycles. The summed E-state index contributed by atoms with van der Waals surface area (Å²) >= 11 is 5.65. The van der Waals surface area contributed by atoms with Crippen LogP contribution in [-0.2, 0) is 4.79 Å². The van der Waals surface area contributed by atoms with Crippen molar-refractivity contribution < 1.29 is 4.79 Å². The molecule has 1 aromatic carbocycles. The second kappa shape index (κ2) is 4.13. The van der Waals surface area contributed by atoms with Crippen molar-refractivity contribution >= 4 is 16.8 Å². The summed E-state index contributed by atoms with van der Waals surface area (Å²) < 4.78 is 0. The van der Waals surface area contributed by atoms with E-state index in [4.69, 9.17) is 11.6 Å². The second-order valence-corrected chi connectivity index (χ2v) is 6.27. The molecule has 2 heteroatoms. The fourth-order valence-electron chi connectivity index (χ4n) is 2.77. The first-order valence-corrected chi connectivity index (χ1v) is 6.52. The summed E-state index contributed by atoms with van der Waals surface area (Å²) in [5.74, 6) is 0.810. The van der Waals surface area contributed by atoms with Crippen molar-refractivity contribution in [3.05, 3.63) is 35.4 Å². The van der Waals surface area contributed by atoms with E-state index in [0.717, 1.165) is 0 Å². The first-order chi connectivity index (χ1) is 7.85. The van der Waals surface area contributed by atoms with Crippen molar-refractivity contribution in [1.82, 2.24) is 0 Å². The Morgan fingerprint density at radius 2 is 1.76 bits per heavy atom. The van der Waals surface area contributed by atoms with Gasteiger partial charge in [0.2, 0.25) is 5.24 Å². The summed E-state index contributed by atoms with van der Waals surface area (Å²) in [6.07, 6.45) is 0. The van der Waals surface area contributed by atoms with Crippen LogP contribution in [-0.4, -0.2) is 5.24 Å². The number of carbonyl (C=O) groups excluding carboxylic acids is 1. The zero-order valence-corrected chi connectivity index (χ0v) is 11.6. The molecule has 1 fully saturated rings. The summed E-state index contributed by atoms with van der Waals surface area (Å²) in [6.45, 7) is 8.58. The van der Waals surface area contributed by atoms with Gasteiger partial charge in [-0.2, -0.15) is 0 Å². The normalized spacial score (nSPS) is 26.0. The zero-order valence-electron chi connectivity index (χ0n) is 10.8. The molecular formula is C15H19ClO. The van der Waals surface area contributed by atoms with Gasteiger partial charge in [0.1, 0.15) is 0 Å². The van der Waals surface area contributed by atoms with Gasteiger partial charge < -0.3 is 0 Å². The fourth-order valence-corrected chi connectivity index (χ4v) is 3.18. The number of rotatable bonds is 3. The van der Waals surface area contributed by atoms with Gasteiger partial charge >= 0.3 is 0 Å². The van der Waals surface area contributed by atoms with Crippen LogP contribution in [0.1, 0.15) is 50.7 Å². The molecular weight excluding hydrogens is 232 g/mol. The molecule has 0 aliphatic heterocycles. The molecule has 2 atom stereocenters. The van der Waals surface area contributed by atoms with Crippen molar-refractivity contribution in [2.24, 2.45) is 11.3 Å². The Morgan fingerprint density at radius 3 is 2.12 bits per heavy atom. The van der Waals surface area contributed by atoms with Gasteiger partial charge in [-0.15, -0.1) is 0 Å². The van der Waals surface area contributed by atoms with Crippen molar-refractivity contribution in [3.63, 3.8) is 0 Å². The maximum Gasteiger partial charge on any atom is 0.225 e. The van der Waals surface area contributed by atoms with Crippen LogP contribution in [0.4, 0.5) is 0 Å². The number of hydrogen-bond acceptors (Lipinski definition) is 1. The smallest absolute Gasteiger partial charge is 0.225 e. The third-order valence-corrected chi connectivity index (χ3v) is 4.27. The van der Waals surface area contributed by atoms with E-state index in [9.17, 15) is 4.79 Å². The van der Waals surface area contributed by atoms with Gasteiger partial charge in [0.05, 0.1) is 0 Å². The van der Waals surface area contributed by atoms with E-state index in [1.54, 1.807) is 0 Å². The number of hydrogen-bond donors (Lipinski definition) is 0. The highest BCUT2D eigenvalue weighted by Crippen LogP contribution is 2.65. The standard InChI is InChI=1S/C15H19ClO/c1-9(2)10-5-7-11(8-6-10)12-13(14(16)17)15(12,3)4/h5-9,12-13H,1-4H3/t12-,13+/m1/s1. The van der Waals surface area contributed by atoms with Crippen LogP contribution in [0.25, 0.3) is 0 Å². The van der Waals surface area contributed by atoms with Gasteiger partial charge in [0.25, 0.3) is 0 Å². The molecule has 17 heavy (non-hydrogen) atoms. The molecule has 92 valence electrons. The van der Waals surface area contributed by atoms with Gasteiger partial charge in [-0.3, -0.25) is 4.79 Å². The van der Waals surface area contributed by atoms with E-state index in [2.05, 4.69) is 52.0 Å². The summed E-state index contributed by atoms with van der Waals surface area (Å²) in [4.78, 5) is 11.3. The summed E-state index contributed by atoms with van der Waals surface area (Å²) in [7, 11) is 0. The third kappa shape index (κ3) is 2.13. The Hall–Kier alpha value is -0.820. The van der Waals surface area contributed by atoms with Crippen LogP contribution in [0.15, 0.2) is 24.3 Å². The van der Waals surface area contributed by atoms with Gasteiger partial charge in [0, 0.05) is 11.8 Å². The quantitative estimate of drug-likeness (QED) is 0.731. The number of halogens is 1. The lowest BCUT2D eigenvalue weighted by Crippen LogP contribution is -1.96. The molecule has 0 bridgehead atoms. The molecule has 1 aliphatic carbocycles. The summed E-state index contributed by atoms with van der Waals surface area (Å²) in [5.41, 5.74) is 2.58. The molecule has 1 aliphatic rings. The van der Waals surface area contributed by atoms with Crippen molar-refractivity contribution in [1.29, 1.82) is 0 Å². The molecule has 2 rings (SSSR count). The monoisotopic (exact) mass is 250 g/mol. The van der Waals surface area contributed by atoms with E-state index in [1.807, 2.05) is 0 Å². The maximum absolute atomic E-state index is 11.3. The Bertz CT molecular complexity index is 431. The zero-order chi connectivity index (χ0) is 12.8. The second-order valence-electron chi connectivity index (χ2n) is 5.90. The molecule has 0 heterocycles. The minimum Gasteiger partial charge on any atom is -0.281 e. The van der Waals surface area contributed by atoms with Crippen LogP contribution in [0.2, 0.25) is 0 Å². The van der Waals surface area contributed by atoms with Gasteiger partial charge in [-0.1, -0.05) is 52.0 Å². The molecule has 1 aromatic rings. The average Bonchev–Trinajstić information content (AvgIpc) is 2.82. The predicted molar refractivity (Wildman–Crippen MR) is 71.4 cm³/mol. The average molecular weight is 251 g/mol. The largest absolute Gasteiger partial charge is 0.281 e. The molecule has 1 saturated carbocycles. The Balaban J connectivity index is 2.23. The fraction of sp³-hybridized carbons (Fsp3) is 0.533. The molecule has 1 nitrogen and oxygen atoms in total. The topological polar surface area (TPSA) is 17.1 Å². The Labute approximate surface area is 108 Å². The van der Waals surface area contributed by atoms with E-state index < -0.39 is 0 Å². The first kappa shape index (κ1) is 12.6. The lowest BCUT2D eigenvalue weighted by atomic mass is 9.98. The number of carbonyl (C=O) groups is 1. The third-order valence-electron chi connectivity index (χ3n) is 4.03. The van der Waals surface area contributed by atoms with Crippen molar-refractivity contribution in [2.45, 2.75) is 39.5 Å². The lowest BCUT2D eigenvalue weighted by Gasteiger charge is -2.07. The molecule has 0 unspecified atom stereocenters. The van der Waals surface area contributed by atoms with E-state index >= 15 is 0 Å². The van der Waals surface area contributed by atoms with E-state index in [-0.39, 0.29) is 22.5 Å². The predicted octanol–water partition coefficient (Wildman–Crippen LogP) is 4.32. The molecule has 0 radical (unpaired) electrons. The number of benzene rings is 1. The van der Waals surface area contributed by atoms with Crippen LogP contribution >= 0.6 is 11.6 Å². The minimum absolute atomic E-state index is 0.0121. The summed E-state index contributed by atoms with van der Waals surface area (Å²) in [5, 5.41) is -0.201. The Morgan fingerprint density at radius 1 is 1.24 bits per heavy atom. The highest BCUT2D eigenvalue weighted by Gasteiger charge is 2.61. The van der Waals surface area contributed by atoms with Crippen LogP contribution in [0.5, 0.6) is 0 Å². The molecule has 0 spiro atoms. The minimum atomic E-state index is -0.201. The van der Waals surface area contributed by atoms with Crippen molar-refractivity contribution in [3.8, 4) is 0 Å². The highest BCUT2D eigenvalue weighted by atomic mass is 35.5. The summed E-state index contributed by atoms with van der Waals surface area (Å²) in [6, 6.07) is 8.59. The van der Waals surface area contributed by atoms with Gasteiger partial charge in [-0.25, -0.2) is 0 Å². The van der Waals surface area contributed by atoms with Crippen molar-refractivity contribution in [2.75, 3.05) is 0 Å². The van der Waals surface area contributed by atoms with E-state index in [0.29, 0.717) is 5.92 Å². The molecule has 0 N–H and O–H groups in total. The van der Waals surface area contributed by atoms with Crippen LogP contribution in [0.3, 0.4) is 0 Å². The van der Waals surface area contributed by atoms with Crippen LogP contribution in [0, 0.1) is 11.3 Å². The lowest BCUT2D eigenvalue weighted by molar-refractivity contribution is -0.113. The maximum atomic E-state index is 11.3. The molecule has 0 amide bonds. The molecule has 0 saturated heterocycles.